The molecule has 1 heterocycles. The van der Waals surface area contributed by atoms with E-state index in [0.717, 1.165) is 0 Å². The lowest BCUT2D eigenvalue weighted by Crippen LogP contribution is -2.10. The van der Waals surface area contributed by atoms with Crippen LogP contribution in [0.25, 0.3) is 11.1 Å². The minimum atomic E-state index is -0.553. The van der Waals surface area contributed by atoms with Crippen LogP contribution in [0.2, 0.25) is 0 Å². The first kappa shape index (κ1) is 12.8. The van der Waals surface area contributed by atoms with Crippen LogP contribution in [-0.2, 0) is 13.0 Å². The lowest BCUT2D eigenvalue weighted by Gasteiger charge is -2.23. The van der Waals surface area contributed by atoms with Crippen LogP contribution >= 0.6 is 0 Å². The molecule has 0 fully saturated rings. The van der Waals surface area contributed by atoms with Crippen molar-refractivity contribution in [3.8, 4) is 16.9 Å². The van der Waals surface area contributed by atoms with Gasteiger partial charge in [-0.3, -0.25) is 4.99 Å². The summed E-state index contributed by atoms with van der Waals surface area (Å²) in [5.74, 6) is -0.698. The van der Waals surface area contributed by atoms with Gasteiger partial charge in [-0.2, -0.15) is 0 Å². The third kappa shape index (κ3) is 1.72. The molecule has 0 aliphatic carbocycles. The van der Waals surface area contributed by atoms with Gasteiger partial charge in [0.15, 0.2) is 11.6 Å². The molecule has 20 heavy (non-hydrogen) atoms. The molecule has 0 saturated carbocycles. The van der Waals surface area contributed by atoms with Crippen molar-refractivity contribution in [2.45, 2.75) is 20.0 Å². The highest BCUT2D eigenvalue weighted by molar-refractivity contribution is 5.78. The SMILES string of the molecule is C=Nc1ccc2c(c1F)OCc1c-2ccc(CC)c1F. The van der Waals surface area contributed by atoms with Gasteiger partial charge in [0.25, 0.3) is 0 Å². The number of benzene rings is 2. The van der Waals surface area contributed by atoms with E-state index in [1.54, 1.807) is 12.1 Å². The number of hydrogen-bond donors (Lipinski definition) is 0. The van der Waals surface area contributed by atoms with E-state index in [9.17, 15) is 8.78 Å². The Bertz CT molecular complexity index is 710. The van der Waals surface area contributed by atoms with Gasteiger partial charge in [-0.25, -0.2) is 8.78 Å². The number of fused-ring (bicyclic) bond motifs is 3. The second-order valence-electron chi connectivity index (χ2n) is 4.64. The quantitative estimate of drug-likeness (QED) is 0.742. The van der Waals surface area contributed by atoms with E-state index >= 15 is 0 Å². The Morgan fingerprint density at radius 2 is 1.90 bits per heavy atom. The molecule has 0 aromatic heterocycles. The Morgan fingerprint density at radius 3 is 2.60 bits per heavy atom. The predicted octanol–water partition coefficient (Wildman–Crippen LogP) is 4.42. The summed E-state index contributed by atoms with van der Waals surface area (Å²) >= 11 is 0. The van der Waals surface area contributed by atoms with Crippen molar-refractivity contribution < 1.29 is 13.5 Å². The minimum absolute atomic E-state index is 0.0273. The molecule has 0 N–H and O–H groups in total. The average molecular weight is 273 g/mol. The van der Waals surface area contributed by atoms with Gasteiger partial charge in [0.1, 0.15) is 18.1 Å². The molecule has 0 saturated heterocycles. The van der Waals surface area contributed by atoms with E-state index in [1.165, 1.54) is 6.07 Å². The standard InChI is InChI=1S/C16H13F2NO/c1-3-9-4-5-10-11-6-7-13(19-2)15(18)16(11)20-8-12(10)14(9)17/h4-7H,2-3,8H2,1H3. The van der Waals surface area contributed by atoms with Crippen molar-refractivity contribution in [3.05, 3.63) is 47.0 Å². The van der Waals surface area contributed by atoms with Crippen LogP contribution in [-0.4, -0.2) is 6.72 Å². The van der Waals surface area contributed by atoms with Gasteiger partial charge in [-0.05, 0) is 36.4 Å². The third-order valence-electron chi connectivity index (χ3n) is 3.60. The van der Waals surface area contributed by atoms with E-state index in [4.69, 9.17) is 4.74 Å². The van der Waals surface area contributed by atoms with E-state index in [1.807, 2.05) is 13.0 Å². The normalized spacial score (nSPS) is 12.3. The van der Waals surface area contributed by atoms with Crippen molar-refractivity contribution in [2.24, 2.45) is 4.99 Å². The van der Waals surface area contributed by atoms with Crippen LogP contribution < -0.4 is 4.74 Å². The van der Waals surface area contributed by atoms with Crippen LogP contribution in [0, 0.1) is 11.6 Å². The topological polar surface area (TPSA) is 21.6 Å². The molecule has 0 bridgehead atoms. The lowest BCUT2D eigenvalue weighted by molar-refractivity contribution is 0.281. The highest BCUT2D eigenvalue weighted by Crippen LogP contribution is 2.43. The maximum atomic E-state index is 14.3. The van der Waals surface area contributed by atoms with E-state index in [0.29, 0.717) is 28.7 Å². The summed E-state index contributed by atoms with van der Waals surface area (Å²) in [6.45, 7) is 5.24. The molecular weight excluding hydrogens is 260 g/mol. The first-order valence-electron chi connectivity index (χ1n) is 6.40. The molecule has 3 rings (SSSR count). The average Bonchev–Trinajstić information content (AvgIpc) is 2.48. The van der Waals surface area contributed by atoms with Crippen LogP contribution in [0.15, 0.2) is 29.3 Å². The summed E-state index contributed by atoms with van der Waals surface area (Å²) in [5, 5.41) is 0. The zero-order valence-corrected chi connectivity index (χ0v) is 11.0. The minimum Gasteiger partial charge on any atom is -0.485 e. The molecule has 0 atom stereocenters. The van der Waals surface area contributed by atoms with Gasteiger partial charge in [0.05, 0.1) is 0 Å². The Kier molecular flexibility index (Phi) is 3.01. The van der Waals surface area contributed by atoms with Crippen molar-refractivity contribution in [1.82, 2.24) is 0 Å². The largest absolute Gasteiger partial charge is 0.485 e. The fourth-order valence-corrected chi connectivity index (χ4v) is 2.50. The zero-order valence-electron chi connectivity index (χ0n) is 11.0. The van der Waals surface area contributed by atoms with Gasteiger partial charge >= 0.3 is 0 Å². The van der Waals surface area contributed by atoms with Gasteiger partial charge in [-0.1, -0.05) is 19.1 Å². The highest BCUT2D eigenvalue weighted by atomic mass is 19.1. The summed E-state index contributed by atoms with van der Waals surface area (Å²) in [4.78, 5) is 3.60. The monoisotopic (exact) mass is 273 g/mol. The fraction of sp³-hybridized carbons (Fsp3) is 0.188. The van der Waals surface area contributed by atoms with Gasteiger partial charge < -0.3 is 4.74 Å². The van der Waals surface area contributed by atoms with Crippen molar-refractivity contribution >= 4 is 12.4 Å². The number of aliphatic imine (C=N–C) groups is 1. The summed E-state index contributed by atoms with van der Waals surface area (Å²) in [6.07, 6.45) is 0.611. The number of hydrogen-bond acceptors (Lipinski definition) is 2. The van der Waals surface area contributed by atoms with Gasteiger partial charge in [0, 0.05) is 11.1 Å². The Hall–Kier alpha value is -2.23. The molecule has 2 aromatic carbocycles. The van der Waals surface area contributed by atoms with Crippen LogP contribution in [0.4, 0.5) is 14.5 Å². The molecule has 2 aromatic rings. The number of rotatable bonds is 2. The van der Waals surface area contributed by atoms with E-state index in [-0.39, 0.29) is 23.9 Å². The molecule has 0 amide bonds. The van der Waals surface area contributed by atoms with Gasteiger partial charge in [-0.15, -0.1) is 0 Å². The van der Waals surface area contributed by atoms with Crippen molar-refractivity contribution in [3.63, 3.8) is 0 Å². The molecule has 0 spiro atoms. The first-order valence-corrected chi connectivity index (χ1v) is 6.40. The fourth-order valence-electron chi connectivity index (χ4n) is 2.50. The van der Waals surface area contributed by atoms with Crippen molar-refractivity contribution in [2.75, 3.05) is 0 Å². The van der Waals surface area contributed by atoms with E-state index < -0.39 is 5.82 Å². The summed E-state index contributed by atoms with van der Waals surface area (Å²) in [5.41, 5.74) is 2.49. The third-order valence-corrected chi connectivity index (χ3v) is 3.60. The number of aryl methyl sites for hydroxylation is 1. The lowest BCUT2D eigenvalue weighted by atomic mass is 9.93. The second kappa shape index (κ2) is 4.71. The van der Waals surface area contributed by atoms with Crippen LogP contribution in [0.3, 0.4) is 0 Å². The summed E-state index contributed by atoms with van der Waals surface area (Å²) in [6, 6.07) is 6.76. The Morgan fingerprint density at radius 1 is 1.15 bits per heavy atom. The van der Waals surface area contributed by atoms with Crippen molar-refractivity contribution in [1.29, 1.82) is 0 Å². The predicted molar refractivity (Wildman–Crippen MR) is 74.7 cm³/mol. The molecule has 0 radical (unpaired) electrons. The second-order valence-corrected chi connectivity index (χ2v) is 4.64. The summed E-state index contributed by atoms with van der Waals surface area (Å²) in [7, 11) is 0. The molecular formula is C16H13F2NO. The molecule has 4 heteroatoms. The number of nitrogens with zero attached hydrogens (tertiary/aromatic N) is 1. The maximum absolute atomic E-state index is 14.3. The molecule has 1 aliphatic heterocycles. The molecule has 2 nitrogen and oxygen atoms in total. The smallest absolute Gasteiger partial charge is 0.191 e. The summed E-state index contributed by atoms with van der Waals surface area (Å²) < 4.78 is 33.8. The number of ether oxygens (including phenoxy) is 1. The van der Waals surface area contributed by atoms with Crippen LogP contribution in [0.5, 0.6) is 5.75 Å². The van der Waals surface area contributed by atoms with Gasteiger partial charge in [0.2, 0.25) is 0 Å². The maximum Gasteiger partial charge on any atom is 0.191 e. The molecule has 1 aliphatic rings. The number of halogens is 2. The molecule has 102 valence electrons. The Labute approximate surface area is 115 Å². The first-order chi connectivity index (χ1) is 9.67. The van der Waals surface area contributed by atoms with Crippen LogP contribution in [0.1, 0.15) is 18.1 Å². The Balaban J connectivity index is 2.25. The van der Waals surface area contributed by atoms with E-state index in [2.05, 4.69) is 11.7 Å². The molecule has 0 unspecified atom stereocenters. The zero-order chi connectivity index (χ0) is 14.3. The highest BCUT2D eigenvalue weighted by Gasteiger charge is 2.25.